The summed E-state index contributed by atoms with van der Waals surface area (Å²) < 4.78 is 20.9. The number of hydrogen-bond donors (Lipinski definition) is 2. The van der Waals surface area contributed by atoms with E-state index in [1.165, 1.54) is 12.4 Å². The Morgan fingerprint density at radius 2 is 1.08 bits per heavy atom. The summed E-state index contributed by atoms with van der Waals surface area (Å²) in [5, 5.41) is 7.99. The van der Waals surface area contributed by atoms with Crippen LogP contribution in [0.2, 0.25) is 0 Å². The first-order valence-corrected chi connectivity index (χ1v) is 11.6. The maximum absolute atomic E-state index is 12.0. The van der Waals surface area contributed by atoms with E-state index in [9.17, 15) is 9.59 Å². The van der Waals surface area contributed by atoms with Crippen LogP contribution < -0.4 is 29.8 Å². The molecule has 0 atom stereocenters. The fourth-order valence-corrected chi connectivity index (χ4v) is 3.26. The standard InChI is InChI=1S/C26H34N4O6/c1-33-21-11-13-23(35-3)19(15-21)17-27-29-25(31)9-7-5-6-8-10-26(32)30-28-18-20-16-22(34-2)12-14-24(20)36-4/h11-18H,5-10H2,1-4H3,(H,29,31)(H,30,32)/b27-17+,28-18+. The Bertz CT molecular complexity index is 971. The van der Waals surface area contributed by atoms with E-state index in [1.54, 1.807) is 64.8 Å². The molecule has 10 heteroatoms. The van der Waals surface area contributed by atoms with E-state index in [4.69, 9.17) is 18.9 Å². The average molecular weight is 499 g/mol. The van der Waals surface area contributed by atoms with Crippen molar-refractivity contribution in [2.45, 2.75) is 38.5 Å². The van der Waals surface area contributed by atoms with Crippen LogP contribution in [0.15, 0.2) is 46.6 Å². The maximum Gasteiger partial charge on any atom is 0.240 e. The van der Waals surface area contributed by atoms with Gasteiger partial charge in [-0.05, 0) is 49.2 Å². The highest BCUT2D eigenvalue weighted by Crippen LogP contribution is 2.23. The highest BCUT2D eigenvalue weighted by molar-refractivity contribution is 5.86. The van der Waals surface area contributed by atoms with E-state index in [1.807, 2.05) is 0 Å². The van der Waals surface area contributed by atoms with Crippen molar-refractivity contribution in [1.82, 2.24) is 10.9 Å². The van der Waals surface area contributed by atoms with Crippen molar-refractivity contribution in [2.24, 2.45) is 10.2 Å². The minimum absolute atomic E-state index is 0.173. The first-order valence-electron chi connectivity index (χ1n) is 11.6. The van der Waals surface area contributed by atoms with Crippen LogP contribution in [0.1, 0.15) is 49.7 Å². The molecule has 2 aromatic rings. The van der Waals surface area contributed by atoms with Gasteiger partial charge in [0, 0.05) is 24.0 Å². The van der Waals surface area contributed by atoms with Gasteiger partial charge in [-0.25, -0.2) is 10.9 Å². The number of methoxy groups -OCH3 is 4. The second-order valence-electron chi connectivity index (χ2n) is 7.72. The third-order valence-corrected chi connectivity index (χ3v) is 5.22. The van der Waals surface area contributed by atoms with E-state index < -0.39 is 0 Å². The van der Waals surface area contributed by atoms with Crippen molar-refractivity contribution in [1.29, 1.82) is 0 Å². The molecule has 0 aliphatic heterocycles. The number of nitrogens with one attached hydrogen (secondary N) is 2. The predicted octanol–water partition coefficient (Wildman–Crippen LogP) is 3.66. The van der Waals surface area contributed by atoms with Gasteiger partial charge in [0.2, 0.25) is 11.8 Å². The summed E-state index contributed by atoms with van der Waals surface area (Å²) in [5.41, 5.74) is 6.43. The predicted molar refractivity (Wildman–Crippen MR) is 138 cm³/mol. The zero-order valence-electron chi connectivity index (χ0n) is 21.2. The number of carbonyl (C=O) groups is 2. The molecule has 0 fully saturated rings. The van der Waals surface area contributed by atoms with Crippen LogP contribution in [0.25, 0.3) is 0 Å². The van der Waals surface area contributed by atoms with Gasteiger partial charge in [-0.2, -0.15) is 10.2 Å². The molecule has 0 saturated heterocycles. The average Bonchev–Trinajstić information content (AvgIpc) is 2.90. The molecule has 0 unspecified atom stereocenters. The molecular weight excluding hydrogens is 464 g/mol. The molecule has 36 heavy (non-hydrogen) atoms. The van der Waals surface area contributed by atoms with Gasteiger partial charge in [0.1, 0.15) is 23.0 Å². The van der Waals surface area contributed by atoms with E-state index in [0.29, 0.717) is 59.8 Å². The highest BCUT2D eigenvalue weighted by atomic mass is 16.5. The largest absolute Gasteiger partial charge is 0.497 e. The lowest BCUT2D eigenvalue weighted by Crippen LogP contribution is -2.17. The van der Waals surface area contributed by atoms with Gasteiger partial charge in [-0.3, -0.25) is 9.59 Å². The summed E-state index contributed by atoms with van der Waals surface area (Å²) in [6.07, 6.45) is 6.82. The van der Waals surface area contributed by atoms with Crippen molar-refractivity contribution in [2.75, 3.05) is 28.4 Å². The smallest absolute Gasteiger partial charge is 0.240 e. The first kappa shape index (κ1) is 28.2. The van der Waals surface area contributed by atoms with Crippen molar-refractivity contribution >= 4 is 24.2 Å². The van der Waals surface area contributed by atoms with Crippen molar-refractivity contribution in [3.05, 3.63) is 47.5 Å². The monoisotopic (exact) mass is 498 g/mol. The highest BCUT2D eigenvalue weighted by Gasteiger charge is 2.05. The number of amides is 2. The maximum atomic E-state index is 12.0. The van der Waals surface area contributed by atoms with Gasteiger partial charge < -0.3 is 18.9 Å². The second-order valence-corrected chi connectivity index (χ2v) is 7.72. The molecule has 0 aliphatic carbocycles. The van der Waals surface area contributed by atoms with Crippen LogP contribution in [0, 0.1) is 0 Å². The quantitative estimate of drug-likeness (QED) is 0.220. The molecule has 0 aromatic heterocycles. The number of rotatable bonds is 15. The van der Waals surface area contributed by atoms with Gasteiger partial charge in [0.05, 0.1) is 40.9 Å². The van der Waals surface area contributed by atoms with Crippen LogP contribution in [0.3, 0.4) is 0 Å². The Balaban J connectivity index is 1.62. The van der Waals surface area contributed by atoms with Crippen molar-refractivity contribution in [3.63, 3.8) is 0 Å². The lowest BCUT2D eigenvalue weighted by molar-refractivity contribution is -0.122. The number of hydrazone groups is 2. The zero-order valence-corrected chi connectivity index (χ0v) is 21.2. The van der Waals surface area contributed by atoms with Gasteiger partial charge in [0.15, 0.2) is 0 Å². The molecule has 0 bridgehead atoms. The number of hydrogen-bond acceptors (Lipinski definition) is 8. The number of ether oxygens (including phenoxy) is 4. The van der Waals surface area contributed by atoms with Crippen LogP contribution in [0.4, 0.5) is 0 Å². The molecule has 0 spiro atoms. The Hall–Kier alpha value is -4.08. The normalized spacial score (nSPS) is 10.9. The first-order chi connectivity index (χ1) is 17.5. The van der Waals surface area contributed by atoms with E-state index in [2.05, 4.69) is 21.1 Å². The number of unbranched alkanes of at least 4 members (excludes halogenated alkanes) is 3. The minimum atomic E-state index is -0.173. The molecule has 2 N–H and O–H groups in total. The van der Waals surface area contributed by atoms with E-state index in [-0.39, 0.29) is 11.8 Å². The zero-order chi connectivity index (χ0) is 26.2. The lowest BCUT2D eigenvalue weighted by Gasteiger charge is -2.07. The summed E-state index contributed by atoms with van der Waals surface area (Å²) in [6.45, 7) is 0. The Labute approximate surface area is 211 Å². The molecule has 0 heterocycles. The molecule has 2 amide bonds. The summed E-state index contributed by atoms with van der Waals surface area (Å²) in [5.74, 6) is 2.25. The van der Waals surface area contributed by atoms with Gasteiger partial charge in [-0.1, -0.05) is 12.8 Å². The van der Waals surface area contributed by atoms with Crippen molar-refractivity contribution in [3.8, 4) is 23.0 Å². The van der Waals surface area contributed by atoms with Crippen molar-refractivity contribution < 1.29 is 28.5 Å². The number of carbonyl (C=O) groups excluding carboxylic acids is 2. The SMILES string of the molecule is COc1ccc(OC)c(/C=N/NC(=O)CCCCCCC(=O)N/N=C/c2cc(OC)ccc2OC)c1. The molecular formula is C26H34N4O6. The van der Waals surface area contributed by atoms with Crippen LogP contribution >= 0.6 is 0 Å². The summed E-state index contributed by atoms with van der Waals surface area (Å²) in [4.78, 5) is 24.0. The van der Waals surface area contributed by atoms with Crippen LogP contribution in [0.5, 0.6) is 23.0 Å². The van der Waals surface area contributed by atoms with Gasteiger partial charge in [-0.15, -0.1) is 0 Å². The molecule has 2 aromatic carbocycles. The summed E-state index contributed by atoms with van der Waals surface area (Å²) in [6, 6.07) is 10.6. The topological polar surface area (TPSA) is 120 Å². The fourth-order valence-electron chi connectivity index (χ4n) is 3.26. The third kappa shape index (κ3) is 9.65. The fraction of sp³-hybridized carbons (Fsp3) is 0.385. The third-order valence-electron chi connectivity index (χ3n) is 5.22. The minimum Gasteiger partial charge on any atom is -0.497 e. The van der Waals surface area contributed by atoms with Gasteiger partial charge >= 0.3 is 0 Å². The molecule has 0 radical (unpaired) electrons. The molecule has 0 saturated carbocycles. The molecule has 10 nitrogen and oxygen atoms in total. The summed E-state index contributed by atoms with van der Waals surface area (Å²) >= 11 is 0. The summed E-state index contributed by atoms with van der Waals surface area (Å²) in [7, 11) is 6.28. The Morgan fingerprint density at radius 1 is 0.667 bits per heavy atom. The number of benzene rings is 2. The van der Waals surface area contributed by atoms with Gasteiger partial charge in [0.25, 0.3) is 0 Å². The van der Waals surface area contributed by atoms with Crippen LogP contribution in [-0.2, 0) is 9.59 Å². The lowest BCUT2D eigenvalue weighted by atomic mass is 10.1. The molecule has 0 aliphatic rings. The van der Waals surface area contributed by atoms with Crippen LogP contribution in [-0.4, -0.2) is 52.7 Å². The van der Waals surface area contributed by atoms with E-state index >= 15 is 0 Å². The molecule has 194 valence electrons. The second kappa shape index (κ2) is 15.8. The number of nitrogens with zero attached hydrogens (tertiary/aromatic N) is 2. The Kier molecular flexibility index (Phi) is 12.3. The molecule has 2 rings (SSSR count). The van der Waals surface area contributed by atoms with E-state index in [0.717, 1.165) is 12.8 Å². The Morgan fingerprint density at radius 3 is 1.44 bits per heavy atom.